The van der Waals surface area contributed by atoms with Crippen LogP contribution in [0.3, 0.4) is 0 Å². The summed E-state index contributed by atoms with van der Waals surface area (Å²) in [4.78, 5) is 49.8. The summed E-state index contributed by atoms with van der Waals surface area (Å²) in [5.74, 6) is -1.47. The quantitative estimate of drug-likeness (QED) is 0.167. The Bertz CT molecular complexity index is 1840. The lowest BCUT2D eigenvalue weighted by Gasteiger charge is -2.34. The minimum atomic E-state index is -0.470. The first-order valence-electron chi connectivity index (χ1n) is 18.2. The third-order valence-electron chi connectivity index (χ3n) is 11.5. The van der Waals surface area contributed by atoms with Crippen LogP contribution >= 0.6 is 0 Å². The van der Waals surface area contributed by atoms with Crippen molar-refractivity contribution in [2.24, 2.45) is 10.4 Å². The number of fused-ring (bicyclic) bond motifs is 2. The fourth-order valence-corrected chi connectivity index (χ4v) is 8.07. The SMILES string of the molecule is CC(C)N1C2=CC(=NC(=O)CCN(C)O)/C(=C3/C(=O)C(c4cc5c(cc4NC(=O)CCN(C)O)N(C(C)C)C(C)C5(C)C)=C3O)C=C2C(C)(C)C1C. The van der Waals surface area contributed by atoms with Crippen LogP contribution in [0.4, 0.5) is 11.4 Å². The van der Waals surface area contributed by atoms with Gasteiger partial charge in [-0.15, -0.1) is 0 Å². The Morgan fingerprint density at radius 3 is 2.02 bits per heavy atom. The smallest absolute Gasteiger partial charge is 0.247 e. The molecule has 4 N–H and O–H groups in total. The van der Waals surface area contributed by atoms with Crippen LogP contribution in [0.15, 0.2) is 57.5 Å². The summed E-state index contributed by atoms with van der Waals surface area (Å²) in [6.07, 6.45) is 3.70. The highest BCUT2D eigenvalue weighted by atomic mass is 16.5. The van der Waals surface area contributed by atoms with E-state index in [0.717, 1.165) is 32.6 Å². The first-order chi connectivity index (χ1) is 24.1. The average molecular weight is 717 g/mol. The number of aliphatic hydroxyl groups excluding tert-OH is 1. The largest absolute Gasteiger partial charge is 0.506 e. The van der Waals surface area contributed by atoms with Gasteiger partial charge in [-0.3, -0.25) is 14.4 Å². The number of nitrogens with one attached hydrogen (secondary N) is 1. The molecule has 2 amide bonds. The fraction of sp³-hybridized carbons (Fsp3) is 0.550. The molecule has 4 aliphatic rings. The summed E-state index contributed by atoms with van der Waals surface area (Å²) in [5, 5.41) is 36.1. The molecule has 1 aromatic rings. The third-order valence-corrected chi connectivity index (χ3v) is 11.5. The summed E-state index contributed by atoms with van der Waals surface area (Å²) in [5.41, 5.74) is 4.77. The van der Waals surface area contributed by atoms with Crippen molar-refractivity contribution in [3.8, 4) is 0 Å². The number of allylic oxidation sites excluding steroid dienone is 6. The molecule has 0 radical (unpaired) electrons. The summed E-state index contributed by atoms with van der Waals surface area (Å²) in [6.45, 7) is 21.6. The molecule has 0 saturated carbocycles. The second-order valence-electron chi connectivity index (χ2n) is 16.3. The van der Waals surface area contributed by atoms with Gasteiger partial charge in [0.05, 0.1) is 22.5 Å². The zero-order valence-electron chi connectivity index (χ0n) is 32.7. The number of anilines is 2. The molecule has 2 aliphatic carbocycles. The van der Waals surface area contributed by atoms with Gasteiger partial charge in [-0.1, -0.05) is 27.7 Å². The Hall–Kier alpha value is -4.10. The van der Waals surface area contributed by atoms with Gasteiger partial charge >= 0.3 is 0 Å². The van der Waals surface area contributed by atoms with E-state index in [0.29, 0.717) is 16.8 Å². The minimum Gasteiger partial charge on any atom is -0.506 e. The maximum Gasteiger partial charge on any atom is 0.247 e. The molecule has 2 unspecified atom stereocenters. The summed E-state index contributed by atoms with van der Waals surface area (Å²) in [7, 11) is 2.92. The molecular weight excluding hydrogens is 660 g/mol. The first kappa shape index (κ1) is 39.1. The van der Waals surface area contributed by atoms with Crippen molar-refractivity contribution >= 4 is 40.3 Å². The lowest BCUT2D eigenvalue weighted by atomic mass is 9.73. The Morgan fingerprint density at radius 2 is 1.46 bits per heavy atom. The Kier molecular flexibility index (Phi) is 10.6. The number of hydroxylamine groups is 4. The van der Waals surface area contributed by atoms with Crippen molar-refractivity contribution < 1.29 is 29.9 Å². The number of benzene rings is 1. The van der Waals surface area contributed by atoms with Crippen LogP contribution in [0.1, 0.15) is 93.2 Å². The maximum atomic E-state index is 14.5. The number of carbonyl (C=O) groups excluding carboxylic acids is 3. The second-order valence-corrected chi connectivity index (χ2v) is 16.3. The van der Waals surface area contributed by atoms with Crippen LogP contribution in [-0.2, 0) is 19.8 Å². The number of Topliss-reactive ketones (excluding diaryl/α,β-unsaturated/α-hetero) is 1. The van der Waals surface area contributed by atoms with Gasteiger partial charge in [0.15, 0.2) is 0 Å². The van der Waals surface area contributed by atoms with Crippen molar-refractivity contribution in [3.63, 3.8) is 0 Å². The number of aliphatic imine (C=N–C) groups is 1. The number of amides is 2. The Morgan fingerprint density at radius 1 is 0.885 bits per heavy atom. The number of hydrogen-bond donors (Lipinski definition) is 4. The van der Waals surface area contributed by atoms with Crippen molar-refractivity contribution in [2.75, 3.05) is 37.4 Å². The highest BCUT2D eigenvalue weighted by Gasteiger charge is 2.49. The summed E-state index contributed by atoms with van der Waals surface area (Å²) in [6, 6.07) is 4.32. The molecule has 12 nitrogen and oxygen atoms in total. The number of rotatable bonds is 10. The molecular formula is C40H56N6O6. The van der Waals surface area contributed by atoms with E-state index in [4.69, 9.17) is 0 Å². The van der Waals surface area contributed by atoms with Crippen LogP contribution in [0.5, 0.6) is 0 Å². The molecule has 12 heteroatoms. The van der Waals surface area contributed by atoms with Crippen molar-refractivity contribution in [2.45, 2.75) is 112 Å². The number of carbonyl (C=O) groups is 3. The van der Waals surface area contributed by atoms with E-state index in [9.17, 15) is 29.9 Å². The van der Waals surface area contributed by atoms with Crippen molar-refractivity contribution in [1.82, 2.24) is 15.0 Å². The molecule has 52 heavy (non-hydrogen) atoms. The predicted molar refractivity (Wildman–Crippen MR) is 204 cm³/mol. The monoisotopic (exact) mass is 716 g/mol. The molecule has 0 aromatic heterocycles. The lowest BCUT2D eigenvalue weighted by molar-refractivity contribution is -0.121. The highest BCUT2D eigenvalue weighted by Crippen LogP contribution is 2.53. The van der Waals surface area contributed by atoms with Crippen LogP contribution < -0.4 is 10.2 Å². The number of nitrogens with zero attached hydrogens (tertiary/aromatic N) is 5. The number of hydrogen-bond acceptors (Lipinski definition) is 10. The molecule has 2 atom stereocenters. The van der Waals surface area contributed by atoms with Gasteiger partial charge in [0.1, 0.15) is 5.76 Å². The van der Waals surface area contributed by atoms with E-state index in [-0.39, 0.29) is 89.5 Å². The highest BCUT2D eigenvalue weighted by molar-refractivity contribution is 6.42. The van der Waals surface area contributed by atoms with Gasteiger partial charge in [-0.2, -0.15) is 10.1 Å². The second kappa shape index (κ2) is 14.0. The van der Waals surface area contributed by atoms with Crippen LogP contribution in [0.2, 0.25) is 0 Å². The molecule has 1 saturated heterocycles. The molecule has 0 spiro atoms. The van der Waals surface area contributed by atoms with E-state index in [1.54, 1.807) is 0 Å². The van der Waals surface area contributed by atoms with Gasteiger partial charge in [0.25, 0.3) is 0 Å². The topological polar surface area (TPSA) is 149 Å². The normalized spacial score (nSPS) is 24.3. The maximum absolute atomic E-state index is 14.5. The molecule has 1 fully saturated rings. The Balaban J connectivity index is 1.72. The number of aliphatic hydroxyl groups is 1. The molecule has 2 heterocycles. The number of ketones is 1. The Labute approximate surface area is 307 Å². The third kappa shape index (κ3) is 6.66. The number of likely N-dealkylation sites (tertiary alicyclic amines) is 1. The molecule has 1 aromatic carbocycles. The van der Waals surface area contributed by atoms with Crippen LogP contribution in [-0.4, -0.2) is 105 Å². The molecule has 2 aliphatic heterocycles. The first-order valence-corrected chi connectivity index (χ1v) is 18.2. The standard InChI is InChI=1S/C40H56N6O6/c1-21(2)45-23(5)39(7,8)27-17-25(29(19-31(27)45)41-33(47)13-15-43(11)51)35-37(49)36(38(35)50)26-18-28-32(46(22(3)4)24(6)40(28,9)10)20-30(26)42-34(48)14-16-44(12)52/h17-24,49,51-52H,13-16H2,1-12H3,(H,41,47)/b36-26+,42-30?. The van der Waals surface area contributed by atoms with E-state index >= 15 is 0 Å². The van der Waals surface area contributed by atoms with E-state index in [1.165, 1.54) is 14.1 Å². The van der Waals surface area contributed by atoms with E-state index in [2.05, 4.69) is 89.3 Å². The molecule has 282 valence electrons. The van der Waals surface area contributed by atoms with Gasteiger partial charge in [-0.25, -0.2) is 4.99 Å². The predicted octanol–water partition coefficient (Wildman–Crippen LogP) is 6.02. The summed E-state index contributed by atoms with van der Waals surface area (Å²) < 4.78 is 0. The van der Waals surface area contributed by atoms with E-state index in [1.807, 2.05) is 24.3 Å². The zero-order valence-corrected chi connectivity index (χ0v) is 32.7. The van der Waals surface area contributed by atoms with E-state index < -0.39 is 11.7 Å². The van der Waals surface area contributed by atoms with Gasteiger partial charge in [0.2, 0.25) is 17.6 Å². The molecule has 5 rings (SSSR count). The molecule has 0 bridgehead atoms. The van der Waals surface area contributed by atoms with Crippen LogP contribution in [0.25, 0.3) is 5.57 Å². The average Bonchev–Trinajstić information content (AvgIpc) is 3.35. The fourth-order valence-electron chi connectivity index (χ4n) is 8.07. The lowest BCUT2D eigenvalue weighted by Crippen LogP contribution is -2.42. The van der Waals surface area contributed by atoms with Gasteiger partial charge in [0, 0.05) is 97.5 Å². The van der Waals surface area contributed by atoms with Gasteiger partial charge < -0.3 is 30.6 Å². The summed E-state index contributed by atoms with van der Waals surface area (Å²) >= 11 is 0. The van der Waals surface area contributed by atoms with Crippen LogP contribution in [0, 0.1) is 5.41 Å². The van der Waals surface area contributed by atoms with Gasteiger partial charge in [-0.05, 0) is 77.0 Å². The zero-order chi connectivity index (χ0) is 38.8. The van der Waals surface area contributed by atoms with Crippen molar-refractivity contribution in [1.29, 1.82) is 0 Å². The van der Waals surface area contributed by atoms with Crippen molar-refractivity contribution in [3.05, 3.63) is 63.6 Å². The minimum absolute atomic E-state index is 0.0113.